The highest BCUT2D eigenvalue weighted by molar-refractivity contribution is 7.92. The van der Waals surface area contributed by atoms with Crippen molar-refractivity contribution >= 4 is 27.1 Å². The Morgan fingerprint density at radius 1 is 1.31 bits per heavy atom. The third kappa shape index (κ3) is 4.94. The first-order chi connectivity index (χ1) is 16.1. The number of hydrogen-bond acceptors (Lipinski definition) is 6. The first kappa shape index (κ1) is 27.0. The van der Waals surface area contributed by atoms with E-state index in [9.17, 15) is 18.3 Å². The molecule has 1 aliphatic heterocycles. The molecule has 1 saturated carbocycles. The van der Waals surface area contributed by atoms with E-state index in [2.05, 4.69) is 20.9 Å². The fourth-order valence-electron chi connectivity index (χ4n) is 6.62. The van der Waals surface area contributed by atoms with Gasteiger partial charge in [0, 0.05) is 16.7 Å². The summed E-state index contributed by atoms with van der Waals surface area (Å²) in [7, 11) is -1.14. The van der Waals surface area contributed by atoms with Crippen molar-refractivity contribution in [2.45, 2.75) is 83.3 Å². The van der Waals surface area contributed by atoms with Gasteiger partial charge >= 0.3 is 0 Å². The zero-order valence-electron chi connectivity index (χ0n) is 22.4. The van der Waals surface area contributed by atoms with Crippen LogP contribution in [0.15, 0.2) is 0 Å². The lowest BCUT2D eigenvalue weighted by Crippen LogP contribution is -3.12. The third-order valence-corrected chi connectivity index (χ3v) is 12.9. The van der Waals surface area contributed by atoms with Gasteiger partial charge in [-0.3, -0.25) is 4.79 Å². The maximum Gasteiger partial charge on any atom is 0.226 e. The first-order valence-corrected chi connectivity index (χ1v) is 15.6. The number of aliphatic hydroxyl groups is 1. The highest BCUT2D eigenvalue weighted by atomic mass is 32.2. The largest absolute Gasteiger partial charge is 0.392 e. The van der Waals surface area contributed by atoms with E-state index >= 15 is 0 Å². The Morgan fingerprint density at radius 2 is 1.94 bits per heavy atom. The van der Waals surface area contributed by atoms with Gasteiger partial charge in [0.25, 0.3) is 0 Å². The van der Waals surface area contributed by atoms with Crippen molar-refractivity contribution in [3.8, 4) is 0 Å². The Kier molecular flexibility index (Phi) is 7.23. The van der Waals surface area contributed by atoms with Crippen LogP contribution in [-0.2, 0) is 26.8 Å². The number of hydrogen-bond donors (Lipinski definition) is 2. The lowest BCUT2D eigenvalue weighted by Gasteiger charge is -2.53. The molecule has 2 N–H and O–H groups in total. The third-order valence-electron chi connectivity index (χ3n) is 9.17. The smallest absolute Gasteiger partial charge is 0.226 e. The second-order valence-corrected chi connectivity index (χ2v) is 16.6. The van der Waals surface area contributed by atoms with Crippen LogP contribution in [0, 0.1) is 23.2 Å². The summed E-state index contributed by atoms with van der Waals surface area (Å²) in [4.78, 5) is 22.8. The molecular weight excluding hydrogens is 482 g/mol. The lowest BCUT2D eigenvalue weighted by molar-refractivity contribution is -0.883. The molecule has 1 aromatic heterocycles. The molecule has 9 heteroatoms. The quantitative estimate of drug-likeness (QED) is 0.625. The van der Waals surface area contributed by atoms with E-state index in [-0.39, 0.29) is 40.7 Å². The van der Waals surface area contributed by atoms with Crippen LogP contribution >= 0.6 is 11.3 Å². The molecule has 0 radical (unpaired) electrons. The molecule has 0 bridgehead atoms. The number of carbonyl (C=O) groups is 1. The average molecular weight is 527 g/mol. The van der Waals surface area contributed by atoms with Crippen LogP contribution in [0.4, 0.5) is 0 Å². The van der Waals surface area contributed by atoms with Crippen LogP contribution in [-0.4, -0.2) is 73.4 Å². The fourth-order valence-corrected chi connectivity index (χ4v) is 9.31. The van der Waals surface area contributed by atoms with Crippen molar-refractivity contribution in [3.63, 3.8) is 0 Å². The van der Waals surface area contributed by atoms with Crippen LogP contribution in [0.3, 0.4) is 0 Å². The summed E-state index contributed by atoms with van der Waals surface area (Å²) in [6.45, 7) is 15.1. The molecule has 0 unspecified atom stereocenters. The second-order valence-electron chi connectivity index (χ2n) is 12.7. The molecule has 3 aliphatic rings. The molecular formula is C26H44N3O4S2+. The highest BCUT2D eigenvalue weighted by Gasteiger charge is 2.54. The number of carbonyl (C=O) groups excluding carboxylic acids is 1. The number of aliphatic hydroxyl groups excluding tert-OH is 1. The number of likely N-dealkylation sites (N-methyl/N-ethyl adjacent to an activating group) is 1. The van der Waals surface area contributed by atoms with Crippen LogP contribution in [0.1, 0.15) is 75.9 Å². The van der Waals surface area contributed by atoms with Crippen molar-refractivity contribution in [3.05, 3.63) is 15.6 Å². The summed E-state index contributed by atoms with van der Waals surface area (Å²) >= 11 is 1.53. The SMILES string of the molecule is C[C@H](C(=O)N1CC[NH+](C)CC1)[C@H]1CC[C@@]2(C)Cc3sc(CS(=O)(=O)C(C)(C)C)nc3[C@@H](C)[C@@H]2[C@H]1O. The van der Waals surface area contributed by atoms with Crippen molar-refractivity contribution in [2.75, 3.05) is 33.2 Å². The van der Waals surface area contributed by atoms with Gasteiger partial charge in [-0.2, -0.15) is 0 Å². The Balaban J connectivity index is 1.54. The molecule has 0 aromatic carbocycles. The van der Waals surface area contributed by atoms with E-state index in [1.54, 1.807) is 20.8 Å². The molecule has 35 heavy (non-hydrogen) atoms. The van der Waals surface area contributed by atoms with Gasteiger partial charge in [0.2, 0.25) is 5.91 Å². The predicted octanol–water partition coefficient (Wildman–Crippen LogP) is 1.90. The fraction of sp³-hybridized carbons (Fsp3) is 0.846. The number of amides is 1. The number of quaternary nitrogens is 1. The van der Waals surface area contributed by atoms with Crippen LogP contribution in [0.5, 0.6) is 0 Å². The molecule has 1 saturated heterocycles. The van der Waals surface area contributed by atoms with E-state index in [4.69, 9.17) is 4.98 Å². The van der Waals surface area contributed by atoms with Crippen molar-refractivity contribution in [1.29, 1.82) is 0 Å². The number of piperazine rings is 1. The van der Waals surface area contributed by atoms with Crippen molar-refractivity contribution < 1.29 is 23.2 Å². The predicted molar refractivity (Wildman–Crippen MR) is 139 cm³/mol. The van der Waals surface area contributed by atoms with Crippen LogP contribution in [0.2, 0.25) is 0 Å². The minimum Gasteiger partial charge on any atom is -0.392 e. The molecule has 1 aromatic rings. The summed E-state index contributed by atoms with van der Waals surface area (Å²) in [6, 6.07) is 0. The van der Waals surface area contributed by atoms with Gasteiger partial charge < -0.3 is 14.9 Å². The maximum atomic E-state index is 13.3. The van der Waals surface area contributed by atoms with Crippen molar-refractivity contribution in [1.82, 2.24) is 9.88 Å². The van der Waals surface area contributed by atoms with Gasteiger partial charge in [-0.25, -0.2) is 13.4 Å². The van der Waals surface area contributed by atoms with Gasteiger partial charge in [-0.1, -0.05) is 20.8 Å². The maximum absolute atomic E-state index is 13.3. The van der Waals surface area contributed by atoms with Gasteiger partial charge in [-0.05, 0) is 57.3 Å². The van der Waals surface area contributed by atoms with E-state index < -0.39 is 20.7 Å². The number of fused-ring (bicyclic) bond motifs is 2. The van der Waals surface area contributed by atoms with Crippen LogP contribution < -0.4 is 4.90 Å². The van der Waals surface area contributed by atoms with E-state index in [0.29, 0.717) is 5.01 Å². The molecule has 7 nitrogen and oxygen atoms in total. The molecule has 4 rings (SSSR count). The number of thiazole rings is 1. The molecule has 198 valence electrons. The molecule has 2 aliphatic carbocycles. The highest BCUT2D eigenvalue weighted by Crippen LogP contribution is 2.57. The first-order valence-electron chi connectivity index (χ1n) is 13.1. The Labute approximate surface area is 215 Å². The molecule has 0 spiro atoms. The number of aromatic nitrogens is 1. The summed E-state index contributed by atoms with van der Waals surface area (Å²) in [5.41, 5.74) is 0.881. The summed E-state index contributed by atoms with van der Waals surface area (Å²) in [6.07, 6.45) is 2.04. The summed E-state index contributed by atoms with van der Waals surface area (Å²) < 4.78 is 24.8. The molecule has 2 fully saturated rings. The zero-order valence-corrected chi connectivity index (χ0v) is 24.1. The van der Waals surface area contributed by atoms with Gasteiger partial charge in [0.05, 0.1) is 49.8 Å². The molecule has 1 amide bonds. The van der Waals surface area contributed by atoms with Crippen molar-refractivity contribution in [2.24, 2.45) is 23.2 Å². The minimum absolute atomic E-state index is 0.00936. The zero-order chi connectivity index (χ0) is 25.9. The monoisotopic (exact) mass is 526 g/mol. The normalized spacial score (nSPS) is 33.2. The average Bonchev–Trinajstić information content (AvgIpc) is 3.13. The number of nitrogens with one attached hydrogen (secondary N) is 1. The van der Waals surface area contributed by atoms with Gasteiger partial charge in [0.15, 0.2) is 9.84 Å². The number of sulfone groups is 1. The molecule has 2 heterocycles. The van der Waals surface area contributed by atoms with E-state index in [1.165, 1.54) is 21.1 Å². The Hall–Kier alpha value is -1.03. The van der Waals surface area contributed by atoms with E-state index in [0.717, 1.165) is 51.1 Å². The summed E-state index contributed by atoms with van der Waals surface area (Å²) in [5, 5.41) is 12.3. The Bertz CT molecular complexity index is 1060. The van der Waals surface area contributed by atoms with E-state index in [1.807, 2.05) is 11.8 Å². The summed E-state index contributed by atoms with van der Waals surface area (Å²) in [5.74, 6) is -0.0854. The minimum atomic E-state index is -3.31. The Morgan fingerprint density at radius 3 is 2.54 bits per heavy atom. The van der Waals surface area contributed by atoms with Gasteiger partial charge in [-0.15, -0.1) is 11.3 Å². The number of rotatable bonds is 4. The topological polar surface area (TPSA) is 92.0 Å². The molecule has 6 atom stereocenters. The lowest BCUT2D eigenvalue weighted by atomic mass is 9.53. The van der Waals surface area contributed by atoms with Gasteiger partial charge in [0.1, 0.15) is 10.8 Å². The second kappa shape index (κ2) is 9.37. The van der Waals surface area contributed by atoms with Crippen LogP contribution in [0.25, 0.3) is 0 Å². The standard InChI is InChI=1S/C26H43N3O4S2/c1-16(24(31)29-12-10-28(7)11-13-29)18-8-9-26(6)14-19-22(17(2)21(26)23(18)30)27-20(34-19)15-35(32,33)25(3,4)5/h16-18,21,23,30H,8-15H2,1-7H3/p+1/t16-,17-,18+,21+,23-,26-/m0/s1. The number of nitrogens with zero attached hydrogens (tertiary/aromatic N) is 2.